The summed E-state index contributed by atoms with van der Waals surface area (Å²) in [6.07, 6.45) is 11.3. The van der Waals surface area contributed by atoms with Crippen molar-refractivity contribution in [2.45, 2.75) is 58.1 Å². The van der Waals surface area contributed by atoms with Crippen LogP contribution in [0.5, 0.6) is 0 Å². The second kappa shape index (κ2) is 7.43. The molecule has 0 aromatic carbocycles. The fourth-order valence-electron chi connectivity index (χ4n) is 4.13. The normalized spacial score (nSPS) is 28.7. The number of halogens is 2. The maximum Gasteiger partial charge on any atom is -1.00 e. The first-order valence-electron chi connectivity index (χ1n) is 7.95. The molecule has 120 valence electrons. The molecule has 1 saturated carbocycles. The Balaban J connectivity index is 0.00000121. The topological polar surface area (TPSA) is 0 Å². The summed E-state index contributed by atoms with van der Waals surface area (Å²) in [5.41, 5.74) is 6.94. The summed E-state index contributed by atoms with van der Waals surface area (Å²) < 4.78 is 2.75. The Kier molecular flexibility index (Phi) is 6.86. The van der Waals surface area contributed by atoms with Crippen molar-refractivity contribution >= 4 is 0 Å². The molecule has 0 aromatic heterocycles. The van der Waals surface area contributed by atoms with E-state index in [1.807, 2.05) is 3.88 Å². The molecule has 0 aromatic rings. The zero-order valence-corrected chi connectivity index (χ0v) is 17.3. The van der Waals surface area contributed by atoms with Crippen molar-refractivity contribution in [1.82, 2.24) is 0 Å². The van der Waals surface area contributed by atoms with Crippen LogP contribution in [0.4, 0.5) is 0 Å². The second-order valence-corrected chi connectivity index (χ2v) is 9.50. The van der Waals surface area contributed by atoms with Gasteiger partial charge in [-0.15, -0.1) is 0 Å². The third-order valence-corrected chi connectivity index (χ3v) is 9.43. The Hall–Kier alpha value is 0.254. The van der Waals surface area contributed by atoms with Gasteiger partial charge < -0.3 is 24.8 Å². The van der Waals surface area contributed by atoms with Crippen molar-refractivity contribution in [3.8, 4) is 0 Å². The second-order valence-electron chi connectivity index (χ2n) is 7.18. The molecular weight excluding hydrogens is 347 g/mol. The molecule has 0 saturated heterocycles. The van der Waals surface area contributed by atoms with E-state index in [4.69, 9.17) is 0 Å². The summed E-state index contributed by atoms with van der Waals surface area (Å²) in [5.74, 6) is 0.884. The van der Waals surface area contributed by atoms with Gasteiger partial charge in [0.2, 0.25) is 0 Å². The Morgan fingerprint density at radius 3 is 2.32 bits per heavy atom. The van der Waals surface area contributed by atoms with Gasteiger partial charge in [-0.2, -0.15) is 0 Å². The molecule has 0 aliphatic heterocycles. The van der Waals surface area contributed by atoms with E-state index in [9.17, 15) is 0 Å². The molecule has 3 rings (SSSR count). The third-order valence-electron chi connectivity index (χ3n) is 5.90. The molecule has 3 heteroatoms. The van der Waals surface area contributed by atoms with Crippen LogP contribution in [0, 0.1) is 11.3 Å². The van der Waals surface area contributed by atoms with Crippen LogP contribution in [0.1, 0.15) is 53.9 Å². The first kappa shape index (κ1) is 20.3. The first-order valence-corrected chi connectivity index (χ1v) is 9.64. The third kappa shape index (κ3) is 3.22. The molecule has 0 bridgehead atoms. The maximum atomic E-state index is 2.45. The molecule has 0 spiro atoms. The molecule has 0 radical (unpaired) electrons. The van der Waals surface area contributed by atoms with Gasteiger partial charge in [-0.1, -0.05) is 0 Å². The van der Waals surface area contributed by atoms with Crippen molar-refractivity contribution in [3.05, 3.63) is 44.4 Å². The number of rotatable bonds is 2. The molecule has 3 aliphatic carbocycles. The molecule has 2 unspecified atom stereocenters. The van der Waals surface area contributed by atoms with E-state index in [0.717, 1.165) is 10.1 Å². The maximum absolute atomic E-state index is 2.45. The average molecular weight is 373 g/mol. The van der Waals surface area contributed by atoms with Crippen molar-refractivity contribution in [2.24, 2.45) is 11.3 Å². The first-order chi connectivity index (χ1) is 9.43. The number of allylic oxidation sites excluding steroid dienone is 8. The zero-order chi connectivity index (χ0) is 14.5. The van der Waals surface area contributed by atoms with Crippen LogP contribution in [0.15, 0.2) is 44.4 Å². The Morgan fingerprint density at radius 1 is 1.05 bits per heavy atom. The van der Waals surface area contributed by atoms with Gasteiger partial charge in [0.25, 0.3) is 0 Å². The van der Waals surface area contributed by atoms with Gasteiger partial charge in [0.1, 0.15) is 0 Å². The van der Waals surface area contributed by atoms with Crippen LogP contribution in [-0.2, 0) is 19.2 Å². The molecule has 22 heavy (non-hydrogen) atoms. The van der Waals surface area contributed by atoms with Crippen molar-refractivity contribution in [2.75, 3.05) is 0 Å². The smallest absolute Gasteiger partial charge is 1.00 e. The van der Waals surface area contributed by atoms with Crippen LogP contribution >= 0.6 is 0 Å². The minimum atomic E-state index is -0.0347. The van der Waals surface area contributed by atoms with E-state index in [2.05, 4.69) is 52.8 Å². The van der Waals surface area contributed by atoms with Gasteiger partial charge in [0.15, 0.2) is 0 Å². The molecule has 0 heterocycles. The molecule has 0 nitrogen and oxygen atoms in total. The van der Waals surface area contributed by atoms with E-state index in [1.54, 1.807) is 22.3 Å². The Bertz CT molecular complexity index is 564. The van der Waals surface area contributed by atoms with E-state index >= 15 is 0 Å². The van der Waals surface area contributed by atoms with Gasteiger partial charge in [-0.05, 0) is 0 Å². The van der Waals surface area contributed by atoms with Gasteiger partial charge >= 0.3 is 133 Å². The van der Waals surface area contributed by atoms with Gasteiger partial charge in [-0.3, -0.25) is 0 Å². The molecule has 0 N–H and O–H groups in total. The molecule has 2 atom stereocenters. The molecular formula is C19H26Cl2Ti. The summed E-state index contributed by atoms with van der Waals surface area (Å²) in [5, 5.41) is 0. The van der Waals surface area contributed by atoms with Crippen LogP contribution in [0.3, 0.4) is 0 Å². The summed E-state index contributed by atoms with van der Waals surface area (Å²) in [7, 11) is 0. The minimum absolute atomic E-state index is 0. The SMILES string of the molecule is CC1=C(C)C(C)(C)[C]([Ti+2][CH]2CCC3CC=CC=C32)=C1C.[Cl-].[Cl-]. The van der Waals surface area contributed by atoms with Crippen molar-refractivity contribution in [1.29, 1.82) is 0 Å². The fourth-order valence-corrected chi connectivity index (χ4v) is 7.42. The van der Waals surface area contributed by atoms with Crippen LogP contribution < -0.4 is 24.8 Å². The minimum Gasteiger partial charge on any atom is -1.00 e. The molecule has 0 amide bonds. The monoisotopic (exact) mass is 372 g/mol. The van der Waals surface area contributed by atoms with Crippen molar-refractivity contribution < 1.29 is 44.0 Å². The van der Waals surface area contributed by atoms with E-state index in [1.165, 1.54) is 19.3 Å². The van der Waals surface area contributed by atoms with E-state index in [-0.39, 0.29) is 44.0 Å². The van der Waals surface area contributed by atoms with Crippen LogP contribution in [0.2, 0.25) is 4.22 Å². The summed E-state index contributed by atoms with van der Waals surface area (Å²) in [6.45, 7) is 11.9. The number of hydrogen-bond donors (Lipinski definition) is 0. The van der Waals surface area contributed by atoms with E-state index < -0.39 is 0 Å². The molecule has 1 fully saturated rings. The summed E-state index contributed by atoms with van der Waals surface area (Å²) in [6, 6.07) is 0. The standard InChI is InChI=1S/C10H15.C9H11.2ClH.Ti/c1-7-6-10(4,5)9(3)8(7)2;1-2-5-9-7-3-6-8(9)4-1;;;/h1-5H3;1-2,4,6,9H,3,5,7H2;2*1H;/q;;;;+2/p-2. The number of fused-ring (bicyclic) bond motifs is 1. The predicted molar refractivity (Wildman–Crippen MR) is 83.2 cm³/mol. The zero-order valence-electron chi connectivity index (χ0n) is 14.3. The largest absolute Gasteiger partial charge is 1.00 e. The summed E-state index contributed by atoms with van der Waals surface area (Å²) in [4.78, 5) is 0. The predicted octanol–water partition coefficient (Wildman–Crippen LogP) is -0.188. The molecule has 3 aliphatic rings. The Labute approximate surface area is 157 Å². The fraction of sp³-hybridized carbons (Fsp3) is 0.579. The average Bonchev–Trinajstić information content (AvgIpc) is 2.90. The Morgan fingerprint density at radius 2 is 1.73 bits per heavy atom. The van der Waals surface area contributed by atoms with Gasteiger partial charge in [0, 0.05) is 0 Å². The number of hydrogen-bond acceptors (Lipinski definition) is 0. The summed E-state index contributed by atoms with van der Waals surface area (Å²) >= 11 is -0.0347. The van der Waals surface area contributed by atoms with Crippen molar-refractivity contribution in [3.63, 3.8) is 0 Å². The van der Waals surface area contributed by atoms with E-state index in [0.29, 0.717) is 5.41 Å². The van der Waals surface area contributed by atoms with Crippen LogP contribution in [0.25, 0.3) is 0 Å². The van der Waals surface area contributed by atoms with Gasteiger partial charge in [0.05, 0.1) is 0 Å². The van der Waals surface area contributed by atoms with Gasteiger partial charge in [-0.25, -0.2) is 0 Å². The quantitative estimate of drug-likeness (QED) is 0.589. The van der Waals surface area contributed by atoms with Crippen LogP contribution in [-0.4, -0.2) is 0 Å².